The lowest BCUT2D eigenvalue weighted by Crippen LogP contribution is -2.39. The highest BCUT2D eigenvalue weighted by molar-refractivity contribution is 5.99. The number of carbonyl (C=O) groups excluding carboxylic acids is 1. The number of carbonyl (C=O) groups is 1. The van der Waals surface area contributed by atoms with Crippen LogP contribution in [0, 0.1) is 22.0 Å². The van der Waals surface area contributed by atoms with E-state index in [-0.39, 0.29) is 17.2 Å². The molecule has 3 rings (SSSR count). The van der Waals surface area contributed by atoms with Gasteiger partial charge in [-0.3, -0.25) is 14.9 Å². The molecule has 24 heavy (non-hydrogen) atoms. The zero-order valence-corrected chi connectivity index (χ0v) is 14.4. The van der Waals surface area contributed by atoms with Gasteiger partial charge in [-0.15, -0.1) is 0 Å². The normalized spacial score (nSPS) is 24.2. The van der Waals surface area contributed by atoms with Crippen molar-refractivity contribution in [3.05, 3.63) is 33.9 Å². The number of piperidine rings is 1. The minimum atomic E-state index is -0.450. The highest BCUT2D eigenvalue weighted by Crippen LogP contribution is 2.31. The van der Waals surface area contributed by atoms with Crippen LogP contribution in [0.4, 0.5) is 11.4 Å². The summed E-state index contributed by atoms with van der Waals surface area (Å²) in [5, 5.41) is 11.4. The second kappa shape index (κ2) is 6.79. The zero-order chi connectivity index (χ0) is 17.3. The van der Waals surface area contributed by atoms with E-state index in [1.165, 1.54) is 12.5 Å². The van der Waals surface area contributed by atoms with Crippen molar-refractivity contribution in [2.45, 2.75) is 33.1 Å². The lowest BCUT2D eigenvalue weighted by Gasteiger charge is -2.36. The van der Waals surface area contributed by atoms with E-state index in [1.54, 1.807) is 17.0 Å². The van der Waals surface area contributed by atoms with Gasteiger partial charge >= 0.3 is 0 Å². The molecule has 1 amide bonds. The van der Waals surface area contributed by atoms with E-state index >= 15 is 0 Å². The number of anilines is 1. The number of benzene rings is 1. The molecule has 0 unspecified atom stereocenters. The van der Waals surface area contributed by atoms with Crippen molar-refractivity contribution < 1.29 is 9.72 Å². The van der Waals surface area contributed by atoms with Crippen LogP contribution < -0.4 is 4.90 Å². The molecular formula is C18H25N3O3. The zero-order valence-electron chi connectivity index (χ0n) is 14.4. The number of amides is 1. The van der Waals surface area contributed by atoms with Crippen molar-refractivity contribution in [3.63, 3.8) is 0 Å². The van der Waals surface area contributed by atoms with Gasteiger partial charge in [0.1, 0.15) is 5.56 Å². The third kappa shape index (κ3) is 3.37. The van der Waals surface area contributed by atoms with E-state index in [9.17, 15) is 14.9 Å². The molecule has 6 nitrogen and oxygen atoms in total. The first-order chi connectivity index (χ1) is 11.5. The standard InChI is InChI=1S/C18H25N3O3/c1-13-9-14(2)12-20(11-13)15-5-6-17(21(23)24)16(10-15)18(22)19-7-3-4-8-19/h5-6,10,13-14H,3-4,7-9,11-12H2,1-2H3/t13-,14+. The first-order valence-corrected chi connectivity index (χ1v) is 8.78. The van der Waals surface area contributed by atoms with Crippen molar-refractivity contribution in [2.75, 3.05) is 31.1 Å². The van der Waals surface area contributed by atoms with Crippen LogP contribution in [0.5, 0.6) is 0 Å². The molecule has 0 bridgehead atoms. The summed E-state index contributed by atoms with van der Waals surface area (Å²) >= 11 is 0. The summed E-state index contributed by atoms with van der Waals surface area (Å²) < 4.78 is 0. The Morgan fingerprint density at radius 1 is 1.17 bits per heavy atom. The Kier molecular flexibility index (Phi) is 4.73. The van der Waals surface area contributed by atoms with Crippen molar-refractivity contribution in [1.29, 1.82) is 0 Å². The number of nitro groups is 1. The van der Waals surface area contributed by atoms with Crippen LogP contribution in [-0.2, 0) is 0 Å². The van der Waals surface area contributed by atoms with E-state index in [4.69, 9.17) is 0 Å². The maximum absolute atomic E-state index is 12.7. The summed E-state index contributed by atoms with van der Waals surface area (Å²) in [6.07, 6.45) is 3.14. The van der Waals surface area contributed by atoms with Gasteiger partial charge in [0.2, 0.25) is 0 Å². The molecule has 2 fully saturated rings. The van der Waals surface area contributed by atoms with Gasteiger partial charge in [0, 0.05) is 37.9 Å². The molecule has 1 aromatic rings. The van der Waals surface area contributed by atoms with Gasteiger partial charge < -0.3 is 9.80 Å². The molecule has 6 heteroatoms. The predicted octanol–water partition coefficient (Wildman–Crippen LogP) is 3.31. The molecule has 2 heterocycles. The number of hydrogen-bond acceptors (Lipinski definition) is 4. The average molecular weight is 331 g/mol. The fraction of sp³-hybridized carbons (Fsp3) is 0.611. The Hall–Kier alpha value is -2.11. The monoisotopic (exact) mass is 331 g/mol. The highest BCUT2D eigenvalue weighted by atomic mass is 16.6. The molecule has 0 saturated carbocycles. The van der Waals surface area contributed by atoms with Gasteiger partial charge in [0.15, 0.2) is 0 Å². The summed E-state index contributed by atoms with van der Waals surface area (Å²) in [6.45, 7) is 7.70. The molecule has 1 aromatic carbocycles. The Morgan fingerprint density at radius 2 is 1.79 bits per heavy atom. The quantitative estimate of drug-likeness (QED) is 0.629. The molecular weight excluding hydrogens is 306 g/mol. The lowest BCUT2D eigenvalue weighted by molar-refractivity contribution is -0.385. The fourth-order valence-electron chi connectivity index (χ4n) is 4.02. The molecule has 2 saturated heterocycles. The molecule has 2 aliphatic rings. The second-order valence-electron chi connectivity index (χ2n) is 7.31. The SMILES string of the molecule is C[C@@H]1C[C@H](C)CN(c2ccc([N+](=O)[O-])c(C(=O)N3CCCC3)c2)C1. The largest absolute Gasteiger partial charge is 0.371 e. The summed E-state index contributed by atoms with van der Waals surface area (Å²) in [5.74, 6) is 0.961. The second-order valence-corrected chi connectivity index (χ2v) is 7.31. The predicted molar refractivity (Wildman–Crippen MR) is 93.4 cm³/mol. The van der Waals surface area contributed by atoms with E-state index in [2.05, 4.69) is 18.7 Å². The summed E-state index contributed by atoms with van der Waals surface area (Å²) in [7, 11) is 0. The summed E-state index contributed by atoms with van der Waals surface area (Å²) in [4.78, 5) is 27.6. The number of hydrogen-bond donors (Lipinski definition) is 0. The number of rotatable bonds is 3. The van der Waals surface area contributed by atoms with Crippen LogP contribution in [0.3, 0.4) is 0 Å². The van der Waals surface area contributed by atoms with Gasteiger partial charge in [-0.1, -0.05) is 13.8 Å². The van der Waals surface area contributed by atoms with Gasteiger partial charge in [-0.25, -0.2) is 0 Å². The van der Waals surface area contributed by atoms with E-state index in [0.717, 1.165) is 31.6 Å². The van der Waals surface area contributed by atoms with E-state index in [1.807, 2.05) is 0 Å². The first kappa shape index (κ1) is 16.7. The first-order valence-electron chi connectivity index (χ1n) is 8.78. The molecule has 2 aliphatic heterocycles. The summed E-state index contributed by atoms with van der Waals surface area (Å²) in [5.41, 5.74) is 1.06. The van der Waals surface area contributed by atoms with E-state index < -0.39 is 4.92 Å². The van der Waals surface area contributed by atoms with Gasteiger partial charge in [-0.2, -0.15) is 0 Å². The van der Waals surface area contributed by atoms with E-state index in [0.29, 0.717) is 24.9 Å². The van der Waals surface area contributed by atoms with Crippen LogP contribution in [-0.4, -0.2) is 41.9 Å². The van der Waals surface area contributed by atoms with Crippen molar-refractivity contribution in [2.24, 2.45) is 11.8 Å². The number of nitrogens with zero attached hydrogens (tertiary/aromatic N) is 3. The topological polar surface area (TPSA) is 66.7 Å². The fourth-order valence-corrected chi connectivity index (χ4v) is 4.02. The smallest absolute Gasteiger partial charge is 0.282 e. The third-order valence-corrected chi connectivity index (χ3v) is 5.03. The Labute approximate surface area is 142 Å². The molecule has 0 spiro atoms. The van der Waals surface area contributed by atoms with Gasteiger partial charge in [-0.05, 0) is 43.2 Å². The minimum absolute atomic E-state index is 0.0891. The maximum atomic E-state index is 12.7. The van der Waals surface area contributed by atoms with Gasteiger partial charge in [0.05, 0.1) is 4.92 Å². The Bertz CT molecular complexity index is 630. The maximum Gasteiger partial charge on any atom is 0.282 e. The number of nitro benzene ring substituents is 1. The van der Waals surface area contributed by atoms with Crippen LogP contribution in [0.1, 0.15) is 43.5 Å². The van der Waals surface area contributed by atoms with Gasteiger partial charge in [0.25, 0.3) is 11.6 Å². The molecule has 2 atom stereocenters. The van der Waals surface area contributed by atoms with Crippen LogP contribution in [0.2, 0.25) is 0 Å². The molecule has 0 N–H and O–H groups in total. The van der Waals surface area contributed by atoms with Crippen LogP contribution in [0.25, 0.3) is 0 Å². The highest BCUT2D eigenvalue weighted by Gasteiger charge is 2.29. The number of likely N-dealkylation sites (tertiary alicyclic amines) is 1. The Morgan fingerprint density at radius 3 is 2.38 bits per heavy atom. The average Bonchev–Trinajstić information content (AvgIpc) is 3.07. The van der Waals surface area contributed by atoms with Crippen LogP contribution >= 0.6 is 0 Å². The van der Waals surface area contributed by atoms with Crippen molar-refractivity contribution >= 4 is 17.3 Å². The molecule has 130 valence electrons. The molecule has 0 radical (unpaired) electrons. The molecule has 0 aromatic heterocycles. The summed E-state index contributed by atoms with van der Waals surface area (Å²) in [6, 6.07) is 5.00. The van der Waals surface area contributed by atoms with Crippen molar-refractivity contribution in [3.8, 4) is 0 Å². The Balaban J connectivity index is 1.93. The third-order valence-electron chi connectivity index (χ3n) is 5.03. The molecule has 0 aliphatic carbocycles. The van der Waals surface area contributed by atoms with Crippen molar-refractivity contribution in [1.82, 2.24) is 4.90 Å². The minimum Gasteiger partial charge on any atom is -0.371 e. The van der Waals surface area contributed by atoms with Crippen LogP contribution in [0.15, 0.2) is 18.2 Å². The lowest BCUT2D eigenvalue weighted by atomic mass is 9.91.